The molecule has 0 unspecified atom stereocenters. The fraction of sp³-hybridized carbons (Fsp3) is 0.960. The fourth-order valence-corrected chi connectivity index (χ4v) is 13.0. The van der Waals surface area contributed by atoms with Gasteiger partial charge in [0.2, 0.25) is 5.79 Å². The number of ether oxygens (including phenoxy) is 2. The van der Waals surface area contributed by atoms with Gasteiger partial charge in [-0.2, -0.15) is 0 Å². The van der Waals surface area contributed by atoms with Crippen molar-refractivity contribution in [1.82, 2.24) is 4.90 Å². The standard InChI is InChI=1S/C50H91NO5/c1-7-9-11-13-15-17-19-21-23-25-37-51(38-26-24-22-20-18-16-14-12-10-8-2)47(53)56-50(54)36-35-48(4)41(39-50)28-29-42-44-31-30-43(40(3)27-32-46(52)55-6)49(44,5)34-33-45(42)48/h40-45,54H,7-39H2,1-6H3/t40-,41-,42+,43-,44+,45+,48+,49-,50+/m1/s1. The molecule has 6 heteroatoms. The third-order valence-corrected chi connectivity index (χ3v) is 16.6. The molecule has 4 fully saturated rings. The van der Waals surface area contributed by atoms with Crippen LogP contribution >= 0.6 is 0 Å². The van der Waals surface area contributed by atoms with Crippen molar-refractivity contribution in [3.05, 3.63) is 0 Å². The average molecular weight is 786 g/mol. The maximum absolute atomic E-state index is 13.9. The molecule has 56 heavy (non-hydrogen) atoms. The van der Waals surface area contributed by atoms with Gasteiger partial charge < -0.3 is 19.5 Å². The third-order valence-electron chi connectivity index (χ3n) is 16.6. The second kappa shape index (κ2) is 24.1. The van der Waals surface area contributed by atoms with Crippen LogP contribution in [-0.2, 0) is 14.3 Å². The Morgan fingerprint density at radius 3 is 1.71 bits per heavy atom. The zero-order valence-corrected chi connectivity index (χ0v) is 37.8. The van der Waals surface area contributed by atoms with Gasteiger partial charge in [0.15, 0.2) is 0 Å². The highest BCUT2D eigenvalue weighted by molar-refractivity contribution is 5.69. The molecule has 0 radical (unpaired) electrons. The minimum Gasteiger partial charge on any atom is -0.469 e. The summed E-state index contributed by atoms with van der Waals surface area (Å²) in [6.45, 7) is 13.6. The van der Waals surface area contributed by atoms with Gasteiger partial charge in [-0.25, -0.2) is 4.79 Å². The Balaban J connectivity index is 1.27. The molecule has 0 aromatic carbocycles. The summed E-state index contributed by atoms with van der Waals surface area (Å²) in [4.78, 5) is 27.8. The summed E-state index contributed by atoms with van der Waals surface area (Å²) in [6.07, 6.45) is 36.5. The number of fused-ring (bicyclic) bond motifs is 5. The molecule has 0 spiro atoms. The van der Waals surface area contributed by atoms with E-state index in [-0.39, 0.29) is 17.5 Å². The van der Waals surface area contributed by atoms with Crippen LogP contribution in [0.15, 0.2) is 0 Å². The lowest BCUT2D eigenvalue weighted by molar-refractivity contribution is -0.235. The zero-order valence-electron chi connectivity index (χ0n) is 37.8. The number of methoxy groups -OCH3 is 1. The third kappa shape index (κ3) is 13.4. The van der Waals surface area contributed by atoms with Gasteiger partial charge in [0.1, 0.15) is 0 Å². The van der Waals surface area contributed by atoms with Crippen molar-refractivity contribution >= 4 is 12.1 Å². The number of hydrogen-bond acceptors (Lipinski definition) is 5. The molecule has 6 nitrogen and oxygen atoms in total. The number of hydrogen-bond donors (Lipinski definition) is 1. The van der Waals surface area contributed by atoms with Crippen molar-refractivity contribution in [2.24, 2.45) is 46.3 Å². The molecular weight excluding hydrogens is 695 g/mol. The van der Waals surface area contributed by atoms with E-state index in [1.54, 1.807) is 0 Å². The number of rotatable bonds is 27. The van der Waals surface area contributed by atoms with Crippen LogP contribution in [0.1, 0.15) is 234 Å². The lowest BCUT2D eigenvalue weighted by atomic mass is 9.44. The maximum atomic E-state index is 13.9. The maximum Gasteiger partial charge on any atom is 0.412 e. The smallest absolute Gasteiger partial charge is 0.412 e. The quantitative estimate of drug-likeness (QED) is 0.0510. The fourth-order valence-electron chi connectivity index (χ4n) is 13.0. The Bertz CT molecular complexity index is 1100. The number of aliphatic hydroxyl groups is 1. The molecule has 9 atom stereocenters. The topological polar surface area (TPSA) is 76.1 Å². The number of carbonyl (C=O) groups excluding carboxylic acids is 2. The molecule has 0 heterocycles. The van der Waals surface area contributed by atoms with Crippen LogP contribution in [-0.4, -0.2) is 48.1 Å². The highest BCUT2D eigenvalue weighted by Gasteiger charge is 2.62. The lowest BCUT2D eigenvalue weighted by Crippen LogP contribution is -2.57. The molecule has 4 aliphatic rings. The minimum atomic E-state index is -1.35. The molecule has 0 saturated heterocycles. The van der Waals surface area contributed by atoms with E-state index in [0.29, 0.717) is 48.3 Å². The largest absolute Gasteiger partial charge is 0.469 e. The van der Waals surface area contributed by atoms with Gasteiger partial charge in [-0.1, -0.05) is 150 Å². The molecule has 326 valence electrons. The molecular formula is C50H91NO5. The second-order valence-electron chi connectivity index (χ2n) is 20.3. The van der Waals surface area contributed by atoms with E-state index in [0.717, 1.165) is 69.9 Å². The van der Waals surface area contributed by atoms with Crippen molar-refractivity contribution < 1.29 is 24.2 Å². The first-order valence-corrected chi connectivity index (χ1v) is 24.8. The normalized spacial score (nSPS) is 31.6. The van der Waals surface area contributed by atoms with Crippen LogP contribution in [0.2, 0.25) is 0 Å². The van der Waals surface area contributed by atoms with Crippen molar-refractivity contribution in [2.75, 3.05) is 20.2 Å². The molecule has 4 saturated carbocycles. The predicted octanol–water partition coefficient (Wildman–Crippen LogP) is 14.2. The summed E-state index contributed by atoms with van der Waals surface area (Å²) in [7, 11) is 1.50. The van der Waals surface area contributed by atoms with E-state index in [1.165, 1.54) is 142 Å². The Morgan fingerprint density at radius 1 is 0.661 bits per heavy atom. The molecule has 4 rings (SSSR count). The number of nitrogens with zero attached hydrogens (tertiary/aromatic N) is 1. The number of carbonyl (C=O) groups is 2. The van der Waals surface area contributed by atoms with Crippen molar-refractivity contribution in [3.8, 4) is 0 Å². The van der Waals surface area contributed by atoms with Gasteiger partial charge in [-0.3, -0.25) is 4.79 Å². The van der Waals surface area contributed by atoms with Crippen LogP contribution < -0.4 is 0 Å². The first kappa shape index (κ1) is 47.4. The SMILES string of the molecule is CCCCCCCCCCCCN(CCCCCCCCCCCC)C(=O)O[C@@]1(O)CC[C@@]2(C)[C@H](CC[C@@H]3[C@@H]2CC[C@]2(C)[C@@H]([C@H](C)CCC(=O)OC)CC[C@@H]32)C1. The van der Waals surface area contributed by atoms with E-state index >= 15 is 0 Å². The van der Waals surface area contributed by atoms with Crippen LogP contribution in [0.25, 0.3) is 0 Å². The molecule has 1 N–H and O–H groups in total. The number of amides is 1. The van der Waals surface area contributed by atoms with Crippen molar-refractivity contribution in [2.45, 2.75) is 239 Å². The monoisotopic (exact) mass is 786 g/mol. The summed E-state index contributed by atoms with van der Waals surface area (Å²) in [5.41, 5.74) is 0.555. The average Bonchev–Trinajstić information content (AvgIpc) is 3.55. The summed E-state index contributed by atoms with van der Waals surface area (Å²) < 4.78 is 11.2. The van der Waals surface area contributed by atoms with E-state index < -0.39 is 5.79 Å². The molecule has 0 bridgehead atoms. The summed E-state index contributed by atoms with van der Waals surface area (Å²) in [5.74, 6) is 2.39. The highest BCUT2D eigenvalue weighted by Crippen LogP contribution is 2.69. The lowest BCUT2D eigenvalue weighted by Gasteiger charge is -2.62. The van der Waals surface area contributed by atoms with Crippen LogP contribution in [0.5, 0.6) is 0 Å². The summed E-state index contributed by atoms with van der Waals surface area (Å²) in [6, 6.07) is 0. The first-order valence-electron chi connectivity index (χ1n) is 24.8. The highest BCUT2D eigenvalue weighted by atomic mass is 16.7. The Morgan fingerprint density at radius 2 is 1.18 bits per heavy atom. The van der Waals surface area contributed by atoms with Gasteiger partial charge >= 0.3 is 12.1 Å². The predicted molar refractivity (Wildman–Crippen MR) is 232 cm³/mol. The summed E-state index contributed by atoms with van der Waals surface area (Å²) in [5, 5.41) is 12.0. The van der Waals surface area contributed by atoms with E-state index in [2.05, 4.69) is 34.6 Å². The van der Waals surface area contributed by atoms with Crippen molar-refractivity contribution in [3.63, 3.8) is 0 Å². The van der Waals surface area contributed by atoms with E-state index in [9.17, 15) is 14.7 Å². The van der Waals surface area contributed by atoms with Gasteiger partial charge in [-0.05, 0) is 111 Å². The van der Waals surface area contributed by atoms with Gasteiger partial charge in [-0.15, -0.1) is 0 Å². The van der Waals surface area contributed by atoms with E-state index in [4.69, 9.17) is 9.47 Å². The minimum absolute atomic E-state index is 0.0784. The molecule has 4 aliphatic carbocycles. The van der Waals surface area contributed by atoms with Gasteiger partial charge in [0.25, 0.3) is 0 Å². The van der Waals surface area contributed by atoms with Crippen molar-refractivity contribution in [1.29, 1.82) is 0 Å². The first-order chi connectivity index (χ1) is 27.0. The Labute approximate surface area is 346 Å². The number of unbranched alkanes of at least 4 members (excludes halogenated alkanes) is 18. The van der Waals surface area contributed by atoms with Crippen LogP contribution in [0.4, 0.5) is 4.79 Å². The van der Waals surface area contributed by atoms with Crippen LogP contribution in [0.3, 0.4) is 0 Å². The van der Waals surface area contributed by atoms with E-state index in [1.807, 2.05) is 4.90 Å². The molecule has 0 aliphatic heterocycles. The van der Waals surface area contributed by atoms with Gasteiger partial charge in [0.05, 0.1) is 7.11 Å². The number of esters is 1. The van der Waals surface area contributed by atoms with Crippen LogP contribution in [0, 0.1) is 46.3 Å². The zero-order chi connectivity index (χ0) is 40.4. The molecule has 1 amide bonds. The Hall–Kier alpha value is -1.30. The molecule has 0 aromatic heterocycles. The molecule has 0 aromatic rings. The second-order valence-corrected chi connectivity index (χ2v) is 20.3. The Kier molecular flexibility index (Phi) is 20.4. The summed E-state index contributed by atoms with van der Waals surface area (Å²) >= 11 is 0. The van der Waals surface area contributed by atoms with Gasteiger partial charge in [0, 0.05) is 32.4 Å².